The summed E-state index contributed by atoms with van der Waals surface area (Å²) in [5.41, 5.74) is 11.1. The van der Waals surface area contributed by atoms with Gasteiger partial charge >= 0.3 is 0 Å². The third-order valence-corrected chi connectivity index (χ3v) is 4.17. The van der Waals surface area contributed by atoms with Crippen LogP contribution in [0.4, 0.5) is 5.69 Å². The number of hydrogen-bond donors (Lipinski definition) is 2. The maximum absolute atomic E-state index is 6.12. The van der Waals surface area contributed by atoms with Crippen LogP contribution in [-0.4, -0.2) is 15.2 Å². The molecule has 0 unspecified atom stereocenters. The Morgan fingerprint density at radius 2 is 1.78 bits per heavy atom. The van der Waals surface area contributed by atoms with E-state index < -0.39 is 0 Å². The summed E-state index contributed by atoms with van der Waals surface area (Å²) in [6, 6.07) is 17.7. The highest BCUT2D eigenvalue weighted by atomic mass is 35.5. The van der Waals surface area contributed by atoms with Crippen LogP contribution >= 0.6 is 11.6 Å². The summed E-state index contributed by atoms with van der Waals surface area (Å²) in [4.78, 5) is 4.43. The highest BCUT2D eigenvalue weighted by molar-refractivity contribution is 6.33. The third-order valence-electron chi connectivity index (χ3n) is 3.84. The summed E-state index contributed by atoms with van der Waals surface area (Å²) < 4.78 is 0. The fourth-order valence-corrected chi connectivity index (χ4v) is 2.84. The number of para-hydroxylation sites is 1. The predicted molar refractivity (Wildman–Crippen MR) is 94.2 cm³/mol. The van der Waals surface area contributed by atoms with E-state index in [0.29, 0.717) is 16.4 Å². The molecule has 4 nitrogen and oxygen atoms in total. The number of fused-ring (bicyclic) bond motifs is 1. The first-order valence-corrected chi connectivity index (χ1v) is 7.56. The van der Waals surface area contributed by atoms with Gasteiger partial charge in [0.2, 0.25) is 0 Å². The zero-order chi connectivity index (χ0) is 15.8. The van der Waals surface area contributed by atoms with Crippen molar-refractivity contribution in [1.29, 1.82) is 0 Å². The zero-order valence-electron chi connectivity index (χ0n) is 12.1. The van der Waals surface area contributed by atoms with Crippen molar-refractivity contribution in [3.05, 3.63) is 65.8 Å². The van der Waals surface area contributed by atoms with E-state index in [-0.39, 0.29) is 0 Å². The number of aromatic nitrogens is 3. The van der Waals surface area contributed by atoms with Crippen molar-refractivity contribution in [1.82, 2.24) is 15.2 Å². The lowest BCUT2D eigenvalue weighted by molar-refractivity contribution is 1.10. The van der Waals surface area contributed by atoms with Gasteiger partial charge < -0.3 is 5.73 Å². The van der Waals surface area contributed by atoms with Crippen LogP contribution in [0.3, 0.4) is 0 Å². The van der Waals surface area contributed by atoms with Crippen LogP contribution in [0.1, 0.15) is 0 Å². The molecule has 0 saturated heterocycles. The second-order valence-electron chi connectivity index (χ2n) is 5.26. The minimum absolute atomic E-state index is 0.540. The molecule has 2 heterocycles. The molecular weight excluding hydrogens is 308 g/mol. The quantitative estimate of drug-likeness (QED) is 0.533. The van der Waals surface area contributed by atoms with E-state index in [0.717, 1.165) is 27.8 Å². The summed E-state index contributed by atoms with van der Waals surface area (Å²) in [7, 11) is 0. The van der Waals surface area contributed by atoms with Crippen LogP contribution in [0.15, 0.2) is 60.8 Å². The third kappa shape index (κ3) is 2.33. The summed E-state index contributed by atoms with van der Waals surface area (Å²) >= 11 is 6.12. The SMILES string of the molecule is Nc1c(Cl)cccc1-c1cnc2n[nH]c(-c3ccccc3)c2c1. The van der Waals surface area contributed by atoms with E-state index in [9.17, 15) is 0 Å². The molecule has 2 aromatic carbocycles. The Labute approximate surface area is 137 Å². The summed E-state index contributed by atoms with van der Waals surface area (Å²) in [6.45, 7) is 0. The number of nitrogens with two attached hydrogens (primary N) is 1. The molecule has 0 spiro atoms. The predicted octanol–water partition coefficient (Wildman–Crippen LogP) is 4.53. The van der Waals surface area contributed by atoms with Crippen molar-refractivity contribution < 1.29 is 0 Å². The number of rotatable bonds is 2. The van der Waals surface area contributed by atoms with Gasteiger partial charge in [0.05, 0.1) is 16.4 Å². The van der Waals surface area contributed by atoms with Crippen LogP contribution in [0.25, 0.3) is 33.4 Å². The lowest BCUT2D eigenvalue weighted by atomic mass is 10.0. The highest BCUT2D eigenvalue weighted by Crippen LogP contribution is 2.34. The maximum Gasteiger partial charge on any atom is 0.181 e. The van der Waals surface area contributed by atoms with Crippen molar-refractivity contribution in [3.8, 4) is 22.4 Å². The van der Waals surface area contributed by atoms with E-state index in [1.54, 1.807) is 12.3 Å². The van der Waals surface area contributed by atoms with Crippen LogP contribution in [0, 0.1) is 0 Å². The smallest absolute Gasteiger partial charge is 0.181 e. The van der Waals surface area contributed by atoms with E-state index in [2.05, 4.69) is 15.2 Å². The molecule has 0 aliphatic rings. The number of benzene rings is 2. The molecular formula is C18H13ClN4. The Kier molecular flexibility index (Phi) is 3.24. The largest absolute Gasteiger partial charge is 0.397 e. The Balaban J connectivity index is 1.92. The van der Waals surface area contributed by atoms with Gasteiger partial charge in [0, 0.05) is 28.3 Å². The van der Waals surface area contributed by atoms with Gasteiger partial charge in [-0.25, -0.2) is 4.98 Å². The molecule has 0 bridgehead atoms. The van der Waals surface area contributed by atoms with Crippen molar-refractivity contribution >= 4 is 28.3 Å². The molecule has 0 atom stereocenters. The Morgan fingerprint density at radius 1 is 0.957 bits per heavy atom. The van der Waals surface area contributed by atoms with Crippen molar-refractivity contribution in [3.63, 3.8) is 0 Å². The number of hydrogen-bond acceptors (Lipinski definition) is 3. The average Bonchev–Trinajstić information content (AvgIpc) is 3.01. The van der Waals surface area contributed by atoms with Gasteiger partial charge in [0.15, 0.2) is 5.65 Å². The number of aromatic amines is 1. The van der Waals surface area contributed by atoms with Gasteiger partial charge in [-0.3, -0.25) is 5.10 Å². The fraction of sp³-hybridized carbons (Fsp3) is 0. The number of anilines is 1. The number of nitrogen functional groups attached to an aromatic ring is 1. The number of halogens is 1. The Morgan fingerprint density at radius 3 is 2.61 bits per heavy atom. The lowest BCUT2D eigenvalue weighted by Gasteiger charge is -2.07. The standard InChI is InChI=1S/C18H13ClN4/c19-15-8-4-7-13(16(15)20)12-9-14-17(11-5-2-1-3-6-11)22-23-18(14)21-10-12/h1-10H,20H2,(H,21,22,23). The molecule has 0 saturated carbocycles. The second kappa shape index (κ2) is 5.41. The van der Waals surface area contributed by atoms with E-state index in [1.165, 1.54) is 0 Å². The monoisotopic (exact) mass is 320 g/mol. The topological polar surface area (TPSA) is 67.6 Å². The summed E-state index contributed by atoms with van der Waals surface area (Å²) in [5.74, 6) is 0. The molecule has 0 aliphatic heterocycles. The summed E-state index contributed by atoms with van der Waals surface area (Å²) in [5, 5.41) is 8.83. The van der Waals surface area contributed by atoms with Crippen molar-refractivity contribution in [2.24, 2.45) is 0 Å². The van der Waals surface area contributed by atoms with Crippen molar-refractivity contribution in [2.75, 3.05) is 5.73 Å². The number of nitrogens with one attached hydrogen (secondary N) is 1. The first-order valence-electron chi connectivity index (χ1n) is 7.18. The lowest BCUT2D eigenvalue weighted by Crippen LogP contribution is -1.91. The molecule has 112 valence electrons. The highest BCUT2D eigenvalue weighted by Gasteiger charge is 2.12. The molecule has 5 heteroatoms. The number of pyridine rings is 1. The maximum atomic E-state index is 6.12. The molecule has 0 fully saturated rings. The first-order chi connectivity index (χ1) is 11.2. The van der Waals surface area contributed by atoms with Gasteiger partial charge in [-0.1, -0.05) is 54.1 Å². The van der Waals surface area contributed by atoms with Gasteiger partial charge in [-0.2, -0.15) is 5.10 Å². The van der Waals surface area contributed by atoms with Crippen LogP contribution < -0.4 is 5.73 Å². The molecule has 4 aromatic rings. The van der Waals surface area contributed by atoms with E-state index in [4.69, 9.17) is 17.3 Å². The second-order valence-corrected chi connectivity index (χ2v) is 5.67. The van der Waals surface area contributed by atoms with Crippen LogP contribution in [0.2, 0.25) is 5.02 Å². The summed E-state index contributed by atoms with van der Waals surface area (Å²) in [6.07, 6.45) is 1.76. The van der Waals surface area contributed by atoms with Crippen molar-refractivity contribution in [2.45, 2.75) is 0 Å². The molecule has 0 amide bonds. The van der Waals surface area contributed by atoms with Gasteiger partial charge in [0.1, 0.15) is 0 Å². The minimum atomic E-state index is 0.540. The molecule has 0 aliphatic carbocycles. The number of H-pyrrole nitrogens is 1. The fourth-order valence-electron chi connectivity index (χ4n) is 2.66. The molecule has 4 rings (SSSR count). The van der Waals surface area contributed by atoms with Gasteiger partial charge in [0.25, 0.3) is 0 Å². The first kappa shape index (κ1) is 13.8. The van der Waals surface area contributed by atoms with E-state index in [1.807, 2.05) is 48.5 Å². The van der Waals surface area contributed by atoms with Gasteiger partial charge in [-0.05, 0) is 12.1 Å². The Hall–Kier alpha value is -2.85. The average molecular weight is 321 g/mol. The van der Waals surface area contributed by atoms with Crippen LogP contribution in [-0.2, 0) is 0 Å². The van der Waals surface area contributed by atoms with E-state index >= 15 is 0 Å². The molecule has 3 N–H and O–H groups in total. The van der Waals surface area contributed by atoms with Crippen LogP contribution in [0.5, 0.6) is 0 Å². The normalized spacial score (nSPS) is 11.0. The van der Waals surface area contributed by atoms with Gasteiger partial charge in [-0.15, -0.1) is 0 Å². The zero-order valence-corrected chi connectivity index (χ0v) is 12.9. The molecule has 0 radical (unpaired) electrons. The molecule has 2 aromatic heterocycles. The Bertz CT molecular complexity index is 993. The minimum Gasteiger partial charge on any atom is -0.397 e. The molecule has 23 heavy (non-hydrogen) atoms. The number of nitrogens with zero attached hydrogens (tertiary/aromatic N) is 2.